The Hall–Kier alpha value is -0.790. The Morgan fingerprint density at radius 1 is 0.739 bits per heavy atom. The second-order valence-corrected chi connectivity index (χ2v) is 8.04. The lowest BCUT2D eigenvalue weighted by molar-refractivity contribution is -0.137. The van der Waals surface area contributed by atoms with Crippen LogP contribution in [0, 0.1) is 5.41 Å². The summed E-state index contributed by atoms with van der Waals surface area (Å²) in [6.45, 7) is 6.98. The van der Waals surface area contributed by atoms with Crippen LogP contribution in [0.3, 0.4) is 0 Å². The first-order valence-corrected chi connectivity index (χ1v) is 9.78. The minimum atomic E-state index is -0.665. The van der Waals surface area contributed by atoms with Gasteiger partial charge in [0.05, 0.1) is 0 Å². The van der Waals surface area contributed by atoms with Crippen molar-refractivity contribution in [3.63, 3.8) is 0 Å². The van der Waals surface area contributed by atoms with Crippen LogP contribution < -0.4 is 0 Å². The lowest BCUT2D eigenvalue weighted by Gasteiger charge is -2.17. The molecule has 0 aliphatic heterocycles. The highest BCUT2D eigenvalue weighted by atomic mass is 16.4. The van der Waals surface area contributed by atoms with Gasteiger partial charge in [-0.1, -0.05) is 77.9 Å². The summed E-state index contributed by atoms with van der Waals surface area (Å²) in [5.41, 5.74) is 0.499. The van der Waals surface area contributed by atoms with Crippen molar-refractivity contribution in [2.45, 2.75) is 111 Å². The Labute approximate surface area is 144 Å². The molecule has 0 bridgehead atoms. The quantitative estimate of drug-likeness (QED) is 0.257. The number of carboxylic acids is 1. The van der Waals surface area contributed by atoms with E-state index in [4.69, 9.17) is 5.11 Å². The first-order chi connectivity index (χ1) is 10.9. The number of allylic oxidation sites excluding steroid dienone is 2. The van der Waals surface area contributed by atoms with Crippen LogP contribution in [0.2, 0.25) is 0 Å². The Bertz CT molecular complexity index is 299. The number of aliphatic carboxylic acids is 1. The van der Waals surface area contributed by atoms with Crippen LogP contribution in [0.15, 0.2) is 12.2 Å². The number of hydrogen-bond donors (Lipinski definition) is 1. The highest BCUT2D eigenvalue weighted by Crippen LogP contribution is 2.22. The third kappa shape index (κ3) is 21.2. The van der Waals surface area contributed by atoms with Gasteiger partial charge in [-0.05, 0) is 43.9 Å². The van der Waals surface area contributed by atoms with E-state index < -0.39 is 5.97 Å². The fourth-order valence-electron chi connectivity index (χ4n) is 2.75. The maximum atomic E-state index is 10.4. The third-order valence-electron chi connectivity index (χ3n) is 4.23. The summed E-state index contributed by atoms with van der Waals surface area (Å²) in [4.78, 5) is 10.4. The second-order valence-electron chi connectivity index (χ2n) is 8.04. The Kier molecular flexibility index (Phi) is 14.3. The van der Waals surface area contributed by atoms with E-state index in [1.54, 1.807) is 0 Å². The maximum absolute atomic E-state index is 10.4. The van der Waals surface area contributed by atoms with Crippen LogP contribution >= 0.6 is 0 Å². The highest BCUT2D eigenvalue weighted by Gasteiger charge is 2.08. The fourth-order valence-corrected chi connectivity index (χ4v) is 2.75. The van der Waals surface area contributed by atoms with Gasteiger partial charge in [0.2, 0.25) is 0 Å². The molecule has 23 heavy (non-hydrogen) atoms. The molecule has 0 amide bonds. The summed E-state index contributed by atoms with van der Waals surface area (Å²) in [5.74, 6) is -0.665. The molecule has 0 unspecified atom stereocenters. The molecule has 0 radical (unpaired) electrons. The smallest absolute Gasteiger partial charge is 0.303 e. The molecule has 0 aliphatic rings. The Morgan fingerprint density at radius 2 is 1.17 bits per heavy atom. The second kappa shape index (κ2) is 14.8. The van der Waals surface area contributed by atoms with E-state index in [1.165, 1.54) is 70.6 Å². The normalized spacial score (nSPS) is 12.1. The summed E-state index contributed by atoms with van der Waals surface area (Å²) in [6, 6.07) is 0. The lowest BCUT2D eigenvalue weighted by atomic mass is 9.89. The van der Waals surface area contributed by atoms with Crippen molar-refractivity contribution in [1.29, 1.82) is 0 Å². The molecule has 0 atom stereocenters. The Morgan fingerprint density at radius 3 is 1.65 bits per heavy atom. The van der Waals surface area contributed by atoms with Gasteiger partial charge in [0.1, 0.15) is 0 Å². The summed E-state index contributed by atoms with van der Waals surface area (Å²) in [6.07, 6.45) is 21.2. The molecule has 0 fully saturated rings. The van der Waals surface area contributed by atoms with Crippen LogP contribution in [0.1, 0.15) is 111 Å². The van der Waals surface area contributed by atoms with Gasteiger partial charge in [0.15, 0.2) is 0 Å². The van der Waals surface area contributed by atoms with E-state index in [9.17, 15) is 4.79 Å². The molecule has 0 saturated heterocycles. The molecule has 0 aromatic heterocycles. The van der Waals surface area contributed by atoms with Crippen LogP contribution in [0.4, 0.5) is 0 Å². The van der Waals surface area contributed by atoms with E-state index in [0.29, 0.717) is 11.8 Å². The van der Waals surface area contributed by atoms with Crippen LogP contribution in [-0.4, -0.2) is 11.1 Å². The minimum absolute atomic E-state index is 0.329. The van der Waals surface area contributed by atoms with Gasteiger partial charge in [-0.2, -0.15) is 0 Å². The SMILES string of the molecule is CC(C)(C)CCCCCCC/C=C\CCCCCCCC(=O)O. The van der Waals surface area contributed by atoms with Gasteiger partial charge in [0, 0.05) is 6.42 Å². The molecule has 0 heterocycles. The van der Waals surface area contributed by atoms with E-state index in [0.717, 1.165) is 12.8 Å². The molecule has 0 aromatic carbocycles. The van der Waals surface area contributed by atoms with Crippen molar-refractivity contribution < 1.29 is 9.90 Å². The van der Waals surface area contributed by atoms with Crippen LogP contribution in [0.5, 0.6) is 0 Å². The first kappa shape index (κ1) is 22.2. The van der Waals surface area contributed by atoms with Gasteiger partial charge in [-0.25, -0.2) is 0 Å². The molecule has 0 spiro atoms. The zero-order valence-electron chi connectivity index (χ0n) is 15.9. The molecular formula is C21H40O2. The van der Waals surface area contributed by atoms with Crippen molar-refractivity contribution in [3.05, 3.63) is 12.2 Å². The van der Waals surface area contributed by atoms with Crippen molar-refractivity contribution in [1.82, 2.24) is 0 Å². The molecule has 0 aromatic rings. The molecular weight excluding hydrogens is 284 g/mol. The van der Waals surface area contributed by atoms with Crippen LogP contribution in [-0.2, 0) is 4.79 Å². The number of hydrogen-bond acceptors (Lipinski definition) is 1. The topological polar surface area (TPSA) is 37.3 Å². The van der Waals surface area contributed by atoms with Crippen LogP contribution in [0.25, 0.3) is 0 Å². The largest absolute Gasteiger partial charge is 0.481 e. The van der Waals surface area contributed by atoms with Crippen molar-refractivity contribution in [2.24, 2.45) is 5.41 Å². The predicted octanol–water partition coefficient (Wildman–Crippen LogP) is 7.13. The summed E-state index contributed by atoms with van der Waals surface area (Å²) in [7, 11) is 0. The van der Waals surface area contributed by atoms with Crippen molar-refractivity contribution >= 4 is 5.97 Å². The summed E-state index contributed by atoms with van der Waals surface area (Å²) in [5, 5.41) is 8.54. The molecule has 0 rings (SSSR count). The molecule has 0 aliphatic carbocycles. The van der Waals surface area contributed by atoms with E-state index in [1.807, 2.05) is 0 Å². The van der Waals surface area contributed by atoms with Gasteiger partial charge < -0.3 is 5.11 Å². The Balaban J connectivity index is 3.16. The number of carboxylic acid groups (broad SMARTS) is 1. The summed E-state index contributed by atoms with van der Waals surface area (Å²) >= 11 is 0. The zero-order valence-corrected chi connectivity index (χ0v) is 15.9. The molecule has 136 valence electrons. The molecule has 0 saturated carbocycles. The van der Waals surface area contributed by atoms with E-state index in [2.05, 4.69) is 32.9 Å². The zero-order chi connectivity index (χ0) is 17.4. The van der Waals surface area contributed by atoms with Gasteiger partial charge in [0.25, 0.3) is 0 Å². The number of rotatable bonds is 15. The fraction of sp³-hybridized carbons (Fsp3) is 0.857. The number of carbonyl (C=O) groups is 1. The molecule has 2 heteroatoms. The van der Waals surface area contributed by atoms with Gasteiger partial charge >= 0.3 is 5.97 Å². The highest BCUT2D eigenvalue weighted by molar-refractivity contribution is 5.66. The minimum Gasteiger partial charge on any atom is -0.481 e. The third-order valence-corrected chi connectivity index (χ3v) is 4.23. The van der Waals surface area contributed by atoms with Crippen molar-refractivity contribution in [3.8, 4) is 0 Å². The average molecular weight is 325 g/mol. The van der Waals surface area contributed by atoms with Crippen molar-refractivity contribution in [2.75, 3.05) is 0 Å². The lowest BCUT2D eigenvalue weighted by Crippen LogP contribution is -2.03. The molecule has 2 nitrogen and oxygen atoms in total. The van der Waals surface area contributed by atoms with Gasteiger partial charge in [-0.15, -0.1) is 0 Å². The standard InChI is InChI=1S/C21H40O2/c1-21(2,3)19-17-15-13-11-9-7-5-4-6-8-10-12-14-16-18-20(22)23/h4-5H,6-19H2,1-3H3,(H,22,23)/b5-4-. The predicted molar refractivity (Wildman–Crippen MR) is 101 cm³/mol. The monoisotopic (exact) mass is 324 g/mol. The van der Waals surface area contributed by atoms with E-state index in [-0.39, 0.29) is 0 Å². The maximum Gasteiger partial charge on any atom is 0.303 e. The molecule has 1 N–H and O–H groups in total. The summed E-state index contributed by atoms with van der Waals surface area (Å²) < 4.78 is 0. The average Bonchev–Trinajstić information content (AvgIpc) is 2.45. The first-order valence-electron chi connectivity index (χ1n) is 9.78. The van der Waals surface area contributed by atoms with Gasteiger partial charge in [-0.3, -0.25) is 4.79 Å². The number of unbranched alkanes of at least 4 members (excludes halogenated alkanes) is 10. The van der Waals surface area contributed by atoms with E-state index >= 15 is 0 Å².